The van der Waals surface area contributed by atoms with Crippen LogP contribution in [0.15, 0.2) is 30.6 Å². The van der Waals surface area contributed by atoms with Gasteiger partial charge in [-0.05, 0) is 12.1 Å². The first-order valence-corrected chi connectivity index (χ1v) is 7.25. The number of aromatic amines is 1. The molecular weight excluding hydrogens is 280 g/mol. The summed E-state index contributed by atoms with van der Waals surface area (Å²) < 4.78 is 1.82. The second-order valence-electron chi connectivity index (χ2n) is 5.16. The number of rotatable bonds is 6. The number of carbonyl (C=O) groups excluding carboxylic acids is 1. The fourth-order valence-electron chi connectivity index (χ4n) is 2.29. The Labute approximate surface area is 127 Å². The lowest BCUT2D eigenvalue weighted by Gasteiger charge is -2.03. The van der Waals surface area contributed by atoms with Gasteiger partial charge < -0.3 is 14.9 Å². The van der Waals surface area contributed by atoms with Crippen molar-refractivity contribution < 1.29 is 4.79 Å². The van der Waals surface area contributed by atoms with Crippen LogP contribution in [0.3, 0.4) is 0 Å². The molecule has 0 saturated heterocycles. The van der Waals surface area contributed by atoms with Crippen molar-refractivity contribution in [3.63, 3.8) is 0 Å². The Hall–Kier alpha value is -2.70. The second kappa shape index (κ2) is 6.38. The van der Waals surface area contributed by atoms with Crippen molar-refractivity contribution in [2.45, 2.75) is 19.3 Å². The number of hydrogen-bond acceptors (Lipinski definition) is 4. The minimum atomic E-state index is 0.0131. The maximum absolute atomic E-state index is 11.8. The van der Waals surface area contributed by atoms with Gasteiger partial charge >= 0.3 is 0 Å². The van der Waals surface area contributed by atoms with Crippen LogP contribution in [0.4, 0.5) is 0 Å². The van der Waals surface area contributed by atoms with Gasteiger partial charge in [-0.1, -0.05) is 12.1 Å². The fourth-order valence-corrected chi connectivity index (χ4v) is 2.29. The second-order valence-corrected chi connectivity index (χ2v) is 5.16. The van der Waals surface area contributed by atoms with Gasteiger partial charge in [-0.15, -0.1) is 10.2 Å². The number of amides is 1. The predicted octanol–water partition coefficient (Wildman–Crippen LogP) is 0.983. The van der Waals surface area contributed by atoms with Gasteiger partial charge in [-0.3, -0.25) is 4.79 Å². The van der Waals surface area contributed by atoms with Crippen LogP contribution in [-0.4, -0.2) is 37.2 Å². The Bertz CT molecular complexity index is 742. The molecule has 0 fully saturated rings. The molecule has 0 radical (unpaired) electrons. The number of aromatic nitrogens is 5. The molecule has 2 N–H and O–H groups in total. The summed E-state index contributed by atoms with van der Waals surface area (Å²) in [7, 11) is 1.87. The Morgan fingerprint density at radius 2 is 2.18 bits per heavy atom. The summed E-state index contributed by atoms with van der Waals surface area (Å²) in [5.74, 6) is 1.71. The molecule has 0 aliphatic carbocycles. The van der Waals surface area contributed by atoms with E-state index in [1.54, 1.807) is 6.33 Å². The topological polar surface area (TPSA) is 88.5 Å². The van der Waals surface area contributed by atoms with Gasteiger partial charge in [0.1, 0.15) is 18.0 Å². The van der Waals surface area contributed by atoms with Crippen LogP contribution in [0.5, 0.6) is 0 Å². The van der Waals surface area contributed by atoms with Crippen LogP contribution < -0.4 is 5.32 Å². The molecule has 0 saturated carbocycles. The van der Waals surface area contributed by atoms with Crippen LogP contribution in [-0.2, 0) is 24.7 Å². The quantitative estimate of drug-likeness (QED) is 0.710. The van der Waals surface area contributed by atoms with Crippen molar-refractivity contribution in [1.82, 2.24) is 30.0 Å². The molecule has 7 heteroatoms. The molecule has 22 heavy (non-hydrogen) atoms. The Kier molecular flexibility index (Phi) is 4.13. The van der Waals surface area contributed by atoms with E-state index in [1.807, 2.05) is 35.9 Å². The molecule has 0 bridgehead atoms. The van der Waals surface area contributed by atoms with Crippen molar-refractivity contribution in [3.8, 4) is 0 Å². The number of hydrogen-bond donors (Lipinski definition) is 2. The zero-order chi connectivity index (χ0) is 15.4. The summed E-state index contributed by atoms with van der Waals surface area (Å²) in [5, 5.41) is 10.6. The molecule has 0 aliphatic heterocycles. The molecule has 114 valence electrons. The minimum absolute atomic E-state index is 0.0131. The van der Waals surface area contributed by atoms with Crippen molar-refractivity contribution in [3.05, 3.63) is 42.2 Å². The normalized spacial score (nSPS) is 11.0. The number of fused-ring (bicyclic) bond motifs is 1. The Balaban J connectivity index is 1.44. The molecule has 0 atom stereocenters. The average Bonchev–Trinajstić information content (AvgIpc) is 3.10. The number of nitrogens with one attached hydrogen (secondary N) is 2. The number of benzene rings is 1. The van der Waals surface area contributed by atoms with Crippen LogP contribution in [0.2, 0.25) is 0 Å². The van der Waals surface area contributed by atoms with Crippen LogP contribution in [0, 0.1) is 0 Å². The van der Waals surface area contributed by atoms with E-state index in [0.29, 0.717) is 25.8 Å². The van der Waals surface area contributed by atoms with Crippen LogP contribution in [0.25, 0.3) is 11.0 Å². The zero-order valence-electron chi connectivity index (χ0n) is 12.4. The lowest BCUT2D eigenvalue weighted by Crippen LogP contribution is -2.26. The molecule has 0 aliphatic rings. The van der Waals surface area contributed by atoms with Gasteiger partial charge in [-0.2, -0.15) is 0 Å². The van der Waals surface area contributed by atoms with E-state index in [4.69, 9.17) is 0 Å². The lowest BCUT2D eigenvalue weighted by molar-refractivity contribution is -0.121. The first-order chi connectivity index (χ1) is 10.7. The molecule has 1 amide bonds. The van der Waals surface area contributed by atoms with Gasteiger partial charge in [0.15, 0.2) is 0 Å². The van der Waals surface area contributed by atoms with E-state index in [9.17, 15) is 4.79 Å². The van der Waals surface area contributed by atoms with Crippen molar-refractivity contribution >= 4 is 16.9 Å². The fraction of sp³-hybridized carbons (Fsp3) is 0.333. The molecule has 3 rings (SSSR count). The van der Waals surface area contributed by atoms with Crippen LogP contribution in [0.1, 0.15) is 18.1 Å². The number of aryl methyl sites for hydroxylation is 2. The van der Waals surface area contributed by atoms with Crippen LogP contribution >= 0.6 is 0 Å². The minimum Gasteiger partial charge on any atom is -0.356 e. The molecule has 2 heterocycles. The summed E-state index contributed by atoms with van der Waals surface area (Å²) in [4.78, 5) is 19.5. The number of nitrogens with zero attached hydrogens (tertiary/aromatic N) is 4. The highest BCUT2D eigenvalue weighted by atomic mass is 16.1. The van der Waals surface area contributed by atoms with E-state index in [2.05, 4.69) is 25.5 Å². The first kappa shape index (κ1) is 14.2. The van der Waals surface area contributed by atoms with Gasteiger partial charge in [0.25, 0.3) is 0 Å². The van der Waals surface area contributed by atoms with Gasteiger partial charge in [0, 0.05) is 32.9 Å². The maximum atomic E-state index is 11.8. The monoisotopic (exact) mass is 298 g/mol. The van der Waals surface area contributed by atoms with Crippen molar-refractivity contribution in [1.29, 1.82) is 0 Å². The van der Waals surface area contributed by atoms with Crippen molar-refractivity contribution in [2.24, 2.45) is 7.05 Å². The highest BCUT2D eigenvalue weighted by molar-refractivity contribution is 5.76. The summed E-state index contributed by atoms with van der Waals surface area (Å²) in [6.45, 7) is 0.567. The largest absolute Gasteiger partial charge is 0.356 e. The highest BCUT2D eigenvalue weighted by Crippen LogP contribution is 2.10. The first-order valence-electron chi connectivity index (χ1n) is 7.25. The lowest BCUT2D eigenvalue weighted by atomic mass is 10.2. The van der Waals surface area contributed by atoms with E-state index >= 15 is 0 Å². The summed E-state index contributed by atoms with van der Waals surface area (Å²) >= 11 is 0. The number of para-hydroxylation sites is 2. The average molecular weight is 298 g/mol. The molecule has 0 unspecified atom stereocenters. The summed E-state index contributed by atoms with van der Waals surface area (Å²) in [6.07, 6.45) is 3.32. The number of imidazole rings is 1. The number of carbonyl (C=O) groups is 1. The Morgan fingerprint density at radius 1 is 1.32 bits per heavy atom. The van der Waals surface area contributed by atoms with Gasteiger partial charge in [-0.25, -0.2) is 4.98 Å². The third-order valence-corrected chi connectivity index (χ3v) is 3.50. The van der Waals surface area contributed by atoms with Gasteiger partial charge in [0.2, 0.25) is 5.91 Å². The summed E-state index contributed by atoms with van der Waals surface area (Å²) in [5.41, 5.74) is 1.97. The van der Waals surface area contributed by atoms with Gasteiger partial charge in [0.05, 0.1) is 11.0 Å². The maximum Gasteiger partial charge on any atom is 0.220 e. The standard InChI is InChI=1S/C15H18N6O/c1-21-10-17-20-14(21)6-7-15(22)16-9-8-13-18-11-4-2-3-5-12(11)19-13/h2-5,10H,6-9H2,1H3,(H,16,22)(H,18,19). The third kappa shape index (κ3) is 3.30. The van der Waals surface area contributed by atoms with E-state index in [1.165, 1.54) is 0 Å². The molecular formula is C15H18N6O. The Morgan fingerprint density at radius 3 is 2.95 bits per heavy atom. The van der Waals surface area contributed by atoms with E-state index in [0.717, 1.165) is 22.7 Å². The van der Waals surface area contributed by atoms with E-state index < -0.39 is 0 Å². The molecule has 7 nitrogen and oxygen atoms in total. The smallest absolute Gasteiger partial charge is 0.220 e. The highest BCUT2D eigenvalue weighted by Gasteiger charge is 2.07. The third-order valence-electron chi connectivity index (χ3n) is 3.50. The summed E-state index contributed by atoms with van der Waals surface area (Å²) in [6, 6.07) is 7.89. The van der Waals surface area contributed by atoms with Crippen molar-refractivity contribution in [2.75, 3.05) is 6.54 Å². The molecule has 0 spiro atoms. The molecule has 3 aromatic rings. The number of H-pyrrole nitrogens is 1. The predicted molar refractivity (Wildman–Crippen MR) is 82.1 cm³/mol. The zero-order valence-corrected chi connectivity index (χ0v) is 12.4. The SMILES string of the molecule is Cn1cnnc1CCC(=O)NCCc1nc2ccccc2[nH]1. The van der Waals surface area contributed by atoms with E-state index in [-0.39, 0.29) is 5.91 Å². The molecule has 1 aromatic carbocycles. The molecule has 2 aromatic heterocycles.